The van der Waals surface area contributed by atoms with Gasteiger partial charge in [-0.1, -0.05) is 60.7 Å². The molecule has 98 valence electrons. The number of benzene rings is 2. The first-order chi connectivity index (χ1) is 9.27. The molecule has 1 saturated heterocycles. The lowest BCUT2D eigenvalue weighted by Gasteiger charge is -2.17. The van der Waals surface area contributed by atoms with Crippen LogP contribution in [0.1, 0.15) is 30.2 Å². The third-order valence-corrected chi connectivity index (χ3v) is 3.98. The standard InChI is InChI=1S/C17H19NO/c1-13(14-8-4-2-5-9-14)18-12-16(18)17(19)15-10-6-3-7-11-15/h2-11,13,16-17,19H,12H2,1H3/t13-,16-,17+,18?/m1/s1. The van der Waals surface area contributed by atoms with Gasteiger partial charge in [0.2, 0.25) is 0 Å². The third-order valence-electron chi connectivity index (χ3n) is 3.98. The highest BCUT2D eigenvalue weighted by molar-refractivity contribution is 5.24. The molecule has 1 aliphatic heterocycles. The van der Waals surface area contributed by atoms with E-state index in [1.165, 1.54) is 5.56 Å². The van der Waals surface area contributed by atoms with Crippen molar-refractivity contribution < 1.29 is 5.11 Å². The van der Waals surface area contributed by atoms with E-state index in [4.69, 9.17) is 0 Å². The highest BCUT2D eigenvalue weighted by Crippen LogP contribution is 2.38. The highest BCUT2D eigenvalue weighted by atomic mass is 16.3. The highest BCUT2D eigenvalue weighted by Gasteiger charge is 2.43. The Balaban J connectivity index is 1.68. The number of aliphatic hydroxyl groups excluding tert-OH is 1. The molecule has 2 aromatic carbocycles. The van der Waals surface area contributed by atoms with Gasteiger partial charge in [-0.15, -0.1) is 0 Å². The van der Waals surface area contributed by atoms with E-state index >= 15 is 0 Å². The van der Waals surface area contributed by atoms with Crippen LogP contribution in [0.3, 0.4) is 0 Å². The average molecular weight is 253 g/mol. The van der Waals surface area contributed by atoms with E-state index in [1.54, 1.807) is 0 Å². The molecule has 1 N–H and O–H groups in total. The smallest absolute Gasteiger partial charge is 0.0957 e. The van der Waals surface area contributed by atoms with Crippen LogP contribution in [0, 0.1) is 0 Å². The predicted molar refractivity (Wildman–Crippen MR) is 76.8 cm³/mol. The topological polar surface area (TPSA) is 23.2 Å². The Bertz CT molecular complexity index is 476. The normalized spacial score (nSPS) is 24.7. The van der Waals surface area contributed by atoms with Crippen LogP contribution >= 0.6 is 0 Å². The minimum Gasteiger partial charge on any atom is -0.387 e. The monoisotopic (exact) mass is 253 g/mol. The van der Waals surface area contributed by atoms with Gasteiger partial charge in [0.15, 0.2) is 0 Å². The van der Waals surface area contributed by atoms with Gasteiger partial charge in [0, 0.05) is 12.6 Å². The van der Waals surface area contributed by atoms with Crippen LogP contribution in [-0.4, -0.2) is 22.6 Å². The Labute approximate surface area is 114 Å². The molecular formula is C17H19NO. The summed E-state index contributed by atoms with van der Waals surface area (Å²) in [5, 5.41) is 10.4. The van der Waals surface area contributed by atoms with Crippen molar-refractivity contribution in [3.63, 3.8) is 0 Å². The van der Waals surface area contributed by atoms with Crippen LogP contribution < -0.4 is 0 Å². The van der Waals surface area contributed by atoms with E-state index in [9.17, 15) is 5.11 Å². The Hall–Kier alpha value is -1.64. The number of hydrogen-bond donors (Lipinski definition) is 1. The summed E-state index contributed by atoms with van der Waals surface area (Å²) in [6, 6.07) is 21.0. The summed E-state index contributed by atoms with van der Waals surface area (Å²) < 4.78 is 0. The van der Waals surface area contributed by atoms with Crippen LogP contribution in [-0.2, 0) is 0 Å². The first kappa shape index (κ1) is 12.4. The predicted octanol–water partition coefficient (Wildman–Crippen LogP) is 3.17. The number of aliphatic hydroxyl groups is 1. The van der Waals surface area contributed by atoms with Crippen molar-refractivity contribution in [1.29, 1.82) is 0 Å². The van der Waals surface area contributed by atoms with Crippen molar-refractivity contribution in [3.05, 3.63) is 71.8 Å². The number of rotatable bonds is 4. The fraction of sp³-hybridized carbons (Fsp3) is 0.294. The Morgan fingerprint density at radius 1 is 0.947 bits per heavy atom. The molecule has 0 spiro atoms. The van der Waals surface area contributed by atoms with Gasteiger partial charge in [-0.25, -0.2) is 0 Å². The maximum absolute atomic E-state index is 10.4. The molecule has 0 amide bonds. The van der Waals surface area contributed by atoms with Crippen molar-refractivity contribution >= 4 is 0 Å². The first-order valence-corrected chi connectivity index (χ1v) is 6.81. The molecule has 3 rings (SSSR count). The molecule has 1 aliphatic rings. The molecule has 2 nitrogen and oxygen atoms in total. The SMILES string of the molecule is C[C@H](c1ccccc1)N1C[C@@H]1[C@@H](O)c1ccccc1. The van der Waals surface area contributed by atoms with Crippen LogP contribution in [0.4, 0.5) is 0 Å². The van der Waals surface area contributed by atoms with Crippen LogP contribution in [0.2, 0.25) is 0 Å². The van der Waals surface area contributed by atoms with E-state index < -0.39 is 0 Å². The lowest BCUT2D eigenvalue weighted by atomic mass is 10.1. The zero-order valence-electron chi connectivity index (χ0n) is 11.1. The van der Waals surface area contributed by atoms with Crippen molar-refractivity contribution in [2.75, 3.05) is 6.54 Å². The average Bonchev–Trinajstić information content (AvgIpc) is 3.28. The second-order valence-corrected chi connectivity index (χ2v) is 5.21. The van der Waals surface area contributed by atoms with E-state index in [-0.39, 0.29) is 12.1 Å². The quantitative estimate of drug-likeness (QED) is 0.846. The van der Waals surface area contributed by atoms with Crippen molar-refractivity contribution in [1.82, 2.24) is 4.90 Å². The fourth-order valence-electron chi connectivity index (χ4n) is 2.69. The lowest BCUT2D eigenvalue weighted by Crippen LogP contribution is -2.14. The number of nitrogens with zero attached hydrogens (tertiary/aromatic N) is 1. The molecule has 2 heteroatoms. The summed E-state index contributed by atoms with van der Waals surface area (Å²) in [5.74, 6) is 0. The second kappa shape index (κ2) is 5.16. The van der Waals surface area contributed by atoms with Crippen molar-refractivity contribution in [3.8, 4) is 0 Å². The second-order valence-electron chi connectivity index (χ2n) is 5.21. The van der Waals surface area contributed by atoms with Gasteiger partial charge < -0.3 is 5.11 Å². The van der Waals surface area contributed by atoms with Crippen LogP contribution in [0.15, 0.2) is 60.7 Å². The first-order valence-electron chi connectivity index (χ1n) is 6.81. The van der Waals surface area contributed by atoms with Gasteiger partial charge >= 0.3 is 0 Å². The van der Waals surface area contributed by atoms with E-state index in [0.29, 0.717) is 6.04 Å². The number of hydrogen-bond acceptors (Lipinski definition) is 2. The van der Waals surface area contributed by atoms with Crippen molar-refractivity contribution in [2.45, 2.75) is 25.1 Å². The van der Waals surface area contributed by atoms with Gasteiger partial charge in [0.05, 0.1) is 12.1 Å². The molecule has 1 fully saturated rings. The molecule has 0 saturated carbocycles. The molecule has 4 atom stereocenters. The summed E-state index contributed by atoms with van der Waals surface area (Å²) in [4.78, 5) is 2.34. The summed E-state index contributed by atoms with van der Waals surface area (Å²) >= 11 is 0. The fourth-order valence-corrected chi connectivity index (χ4v) is 2.69. The van der Waals surface area contributed by atoms with E-state index in [2.05, 4.69) is 36.1 Å². The maximum atomic E-state index is 10.4. The Morgan fingerprint density at radius 2 is 1.47 bits per heavy atom. The summed E-state index contributed by atoms with van der Waals surface area (Å²) in [6.07, 6.45) is -0.382. The van der Waals surface area contributed by atoms with E-state index in [1.807, 2.05) is 36.4 Å². The summed E-state index contributed by atoms with van der Waals surface area (Å²) in [6.45, 7) is 3.17. The Kier molecular flexibility index (Phi) is 3.36. The summed E-state index contributed by atoms with van der Waals surface area (Å²) in [5.41, 5.74) is 2.32. The maximum Gasteiger partial charge on any atom is 0.0957 e. The Morgan fingerprint density at radius 3 is 2.05 bits per heavy atom. The van der Waals surface area contributed by atoms with Gasteiger partial charge in [-0.2, -0.15) is 0 Å². The minimum absolute atomic E-state index is 0.248. The molecule has 0 aliphatic carbocycles. The molecular weight excluding hydrogens is 234 g/mol. The minimum atomic E-state index is -0.382. The molecule has 0 radical (unpaired) electrons. The molecule has 1 unspecified atom stereocenters. The molecule has 1 heterocycles. The van der Waals surface area contributed by atoms with Crippen molar-refractivity contribution in [2.24, 2.45) is 0 Å². The van der Waals surface area contributed by atoms with Crippen LogP contribution in [0.25, 0.3) is 0 Å². The van der Waals surface area contributed by atoms with Gasteiger partial charge in [0.1, 0.15) is 0 Å². The molecule has 2 aromatic rings. The largest absolute Gasteiger partial charge is 0.387 e. The van der Waals surface area contributed by atoms with Gasteiger partial charge in [-0.05, 0) is 18.1 Å². The molecule has 19 heavy (non-hydrogen) atoms. The third kappa shape index (κ3) is 2.55. The van der Waals surface area contributed by atoms with Gasteiger partial charge in [-0.3, -0.25) is 4.90 Å². The van der Waals surface area contributed by atoms with Crippen LogP contribution in [0.5, 0.6) is 0 Å². The zero-order chi connectivity index (χ0) is 13.2. The van der Waals surface area contributed by atoms with Gasteiger partial charge in [0.25, 0.3) is 0 Å². The zero-order valence-corrected chi connectivity index (χ0v) is 11.1. The van der Waals surface area contributed by atoms with E-state index in [0.717, 1.165) is 12.1 Å². The lowest BCUT2D eigenvalue weighted by molar-refractivity contribution is 0.151. The molecule has 0 aromatic heterocycles. The molecule has 0 bridgehead atoms. The summed E-state index contributed by atoms with van der Waals surface area (Å²) in [7, 11) is 0.